The number of nitrogens with zero attached hydrogens (tertiary/aromatic N) is 1. The van der Waals surface area contributed by atoms with E-state index in [9.17, 15) is 0 Å². The molecule has 2 aromatic rings. The third-order valence-corrected chi connectivity index (χ3v) is 2.59. The second-order valence-electron chi connectivity index (χ2n) is 3.71. The summed E-state index contributed by atoms with van der Waals surface area (Å²) in [5.41, 5.74) is 3.39. The summed E-state index contributed by atoms with van der Waals surface area (Å²) in [5, 5.41) is 1.18. The first kappa shape index (κ1) is 9.97. The smallest absolute Gasteiger partial charge is 0.216 e. The molecule has 1 aromatic carbocycles. The van der Waals surface area contributed by atoms with E-state index in [4.69, 9.17) is 4.74 Å². The fourth-order valence-corrected chi connectivity index (χ4v) is 1.73. The monoisotopic (exact) mass is 201 g/mol. The van der Waals surface area contributed by atoms with Gasteiger partial charge in [0.2, 0.25) is 5.88 Å². The van der Waals surface area contributed by atoms with E-state index in [1.807, 2.05) is 0 Å². The molecule has 2 heteroatoms. The molecule has 0 aliphatic heterocycles. The van der Waals surface area contributed by atoms with Crippen molar-refractivity contribution in [2.24, 2.45) is 0 Å². The van der Waals surface area contributed by atoms with E-state index < -0.39 is 0 Å². The Kier molecular flexibility index (Phi) is 2.58. The van der Waals surface area contributed by atoms with Gasteiger partial charge >= 0.3 is 0 Å². The van der Waals surface area contributed by atoms with Gasteiger partial charge in [0.15, 0.2) is 0 Å². The first-order chi connectivity index (χ1) is 7.24. The van der Waals surface area contributed by atoms with E-state index in [0.29, 0.717) is 0 Å². The van der Waals surface area contributed by atoms with E-state index in [0.717, 1.165) is 23.4 Å². The highest BCUT2D eigenvalue weighted by atomic mass is 16.5. The second-order valence-corrected chi connectivity index (χ2v) is 3.71. The van der Waals surface area contributed by atoms with Crippen molar-refractivity contribution >= 4 is 10.9 Å². The molecule has 78 valence electrons. The molecule has 0 bridgehead atoms. The van der Waals surface area contributed by atoms with Gasteiger partial charge in [-0.05, 0) is 31.0 Å². The fourth-order valence-electron chi connectivity index (χ4n) is 1.73. The van der Waals surface area contributed by atoms with Crippen LogP contribution in [0.3, 0.4) is 0 Å². The van der Waals surface area contributed by atoms with Crippen molar-refractivity contribution in [3.8, 4) is 5.88 Å². The topological polar surface area (TPSA) is 22.1 Å². The molecule has 0 spiro atoms. The Balaban J connectivity index is 2.69. The van der Waals surface area contributed by atoms with Gasteiger partial charge in [0.05, 0.1) is 12.6 Å². The average Bonchev–Trinajstić information content (AvgIpc) is 2.27. The van der Waals surface area contributed by atoms with E-state index in [2.05, 4.69) is 43.1 Å². The number of hydrogen-bond donors (Lipinski definition) is 0. The highest BCUT2D eigenvalue weighted by molar-refractivity contribution is 5.80. The molecular formula is C13H15NO. The summed E-state index contributed by atoms with van der Waals surface area (Å²) in [5.74, 6) is 0.746. The van der Waals surface area contributed by atoms with Crippen molar-refractivity contribution in [1.82, 2.24) is 4.98 Å². The lowest BCUT2D eigenvalue weighted by molar-refractivity contribution is 0.395. The third kappa shape index (κ3) is 1.80. The van der Waals surface area contributed by atoms with Crippen molar-refractivity contribution in [1.29, 1.82) is 0 Å². The molecule has 0 radical (unpaired) electrons. The Morgan fingerprint density at radius 3 is 2.73 bits per heavy atom. The number of aryl methyl sites for hydroxylation is 2. The summed E-state index contributed by atoms with van der Waals surface area (Å²) in [6, 6.07) is 8.45. The van der Waals surface area contributed by atoms with E-state index >= 15 is 0 Å². The molecular weight excluding hydrogens is 186 g/mol. The molecule has 2 nitrogen and oxygen atoms in total. The van der Waals surface area contributed by atoms with Crippen LogP contribution in [0.1, 0.15) is 18.1 Å². The fraction of sp³-hybridized carbons (Fsp3) is 0.308. The molecule has 1 heterocycles. The highest BCUT2D eigenvalue weighted by Crippen LogP contribution is 2.23. The molecule has 15 heavy (non-hydrogen) atoms. The summed E-state index contributed by atoms with van der Waals surface area (Å²) in [4.78, 5) is 4.50. The van der Waals surface area contributed by atoms with Gasteiger partial charge in [0.25, 0.3) is 0 Å². The zero-order chi connectivity index (χ0) is 10.8. The lowest BCUT2D eigenvalue weighted by Gasteiger charge is -2.07. The predicted molar refractivity (Wildman–Crippen MR) is 62.4 cm³/mol. The maximum absolute atomic E-state index is 5.27. The molecule has 0 aliphatic carbocycles. The summed E-state index contributed by atoms with van der Waals surface area (Å²) in [7, 11) is 1.67. The number of rotatable bonds is 2. The van der Waals surface area contributed by atoms with Crippen LogP contribution in [0, 0.1) is 6.92 Å². The molecule has 0 amide bonds. The maximum Gasteiger partial charge on any atom is 0.216 e. The maximum atomic E-state index is 5.27. The van der Waals surface area contributed by atoms with Crippen LogP contribution in [0.5, 0.6) is 5.88 Å². The first-order valence-corrected chi connectivity index (χ1v) is 5.19. The van der Waals surface area contributed by atoms with E-state index in [1.54, 1.807) is 7.11 Å². The molecule has 0 atom stereocenters. The van der Waals surface area contributed by atoms with Gasteiger partial charge < -0.3 is 4.74 Å². The number of benzene rings is 1. The van der Waals surface area contributed by atoms with Gasteiger partial charge in [0, 0.05) is 10.9 Å². The summed E-state index contributed by atoms with van der Waals surface area (Å²) >= 11 is 0. The Hall–Kier alpha value is -1.57. The van der Waals surface area contributed by atoms with Crippen LogP contribution in [-0.4, -0.2) is 12.1 Å². The molecule has 0 saturated carbocycles. The second kappa shape index (κ2) is 3.89. The zero-order valence-corrected chi connectivity index (χ0v) is 9.37. The van der Waals surface area contributed by atoms with Crippen LogP contribution >= 0.6 is 0 Å². The number of aromatic nitrogens is 1. The van der Waals surface area contributed by atoms with Gasteiger partial charge in [-0.2, -0.15) is 0 Å². The van der Waals surface area contributed by atoms with Gasteiger partial charge in [-0.25, -0.2) is 4.98 Å². The molecule has 0 N–H and O–H groups in total. The van der Waals surface area contributed by atoms with Crippen molar-refractivity contribution in [3.05, 3.63) is 35.4 Å². The van der Waals surface area contributed by atoms with Crippen molar-refractivity contribution in [2.75, 3.05) is 7.11 Å². The minimum Gasteiger partial charge on any atom is -0.481 e. The van der Waals surface area contributed by atoms with Crippen LogP contribution in [-0.2, 0) is 6.42 Å². The minimum atomic E-state index is 0.746. The molecule has 0 fully saturated rings. The van der Waals surface area contributed by atoms with Gasteiger partial charge in [-0.1, -0.05) is 19.1 Å². The zero-order valence-electron chi connectivity index (χ0n) is 9.37. The van der Waals surface area contributed by atoms with Crippen molar-refractivity contribution in [2.45, 2.75) is 20.3 Å². The van der Waals surface area contributed by atoms with Crippen LogP contribution in [0.15, 0.2) is 24.3 Å². The van der Waals surface area contributed by atoms with Crippen molar-refractivity contribution < 1.29 is 4.74 Å². The Bertz CT molecular complexity index is 491. The average molecular weight is 201 g/mol. The van der Waals surface area contributed by atoms with Crippen LogP contribution in [0.25, 0.3) is 10.9 Å². The van der Waals surface area contributed by atoms with Gasteiger partial charge in [-0.15, -0.1) is 0 Å². The molecule has 0 unspecified atom stereocenters. The Morgan fingerprint density at radius 2 is 2.07 bits per heavy atom. The van der Waals surface area contributed by atoms with Gasteiger partial charge in [0.1, 0.15) is 0 Å². The number of hydrogen-bond acceptors (Lipinski definition) is 2. The summed E-state index contributed by atoms with van der Waals surface area (Å²) < 4.78 is 5.27. The van der Waals surface area contributed by atoms with E-state index in [1.165, 1.54) is 10.9 Å². The lowest BCUT2D eigenvalue weighted by Crippen LogP contribution is -1.94. The van der Waals surface area contributed by atoms with E-state index in [-0.39, 0.29) is 0 Å². The lowest BCUT2D eigenvalue weighted by atomic mass is 10.1. The highest BCUT2D eigenvalue weighted by Gasteiger charge is 2.05. The van der Waals surface area contributed by atoms with Crippen LogP contribution in [0.4, 0.5) is 0 Å². The molecule has 0 saturated heterocycles. The largest absolute Gasteiger partial charge is 0.481 e. The molecule has 1 aromatic heterocycles. The third-order valence-electron chi connectivity index (χ3n) is 2.59. The van der Waals surface area contributed by atoms with Crippen molar-refractivity contribution in [3.63, 3.8) is 0 Å². The standard InChI is InChI=1S/C13H15NO/c1-4-10-8-11-6-5-9(2)7-12(11)14-13(10)15-3/h5-8H,4H2,1-3H3. The molecule has 2 rings (SSSR count). The Labute approximate surface area is 89.9 Å². The Morgan fingerprint density at radius 1 is 1.27 bits per heavy atom. The summed E-state index contributed by atoms with van der Waals surface area (Å²) in [6.07, 6.45) is 0.944. The number of fused-ring (bicyclic) bond motifs is 1. The van der Waals surface area contributed by atoms with Gasteiger partial charge in [-0.3, -0.25) is 0 Å². The minimum absolute atomic E-state index is 0.746. The normalized spacial score (nSPS) is 10.6. The quantitative estimate of drug-likeness (QED) is 0.744. The number of ether oxygens (including phenoxy) is 1. The molecule has 0 aliphatic rings. The number of methoxy groups -OCH3 is 1. The predicted octanol–water partition coefficient (Wildman–Crippen LogP) is 3.11. The summed E-state index contributed by atoms with van der Waals surface area (Å²) in [6.45, 7) is 4.18. The number of pyridine rings is 1. The van der Waals surface area contributed by atoms with Crippen LogP contribution in [0.2, 0.25) is 0 Å². The van der Waals surface area contributed by atoms with Crippen LogP contribution < -0.4 is 4.74 Å². The SMILES string of the molecule is CCc1cc2ccc(C)cc2nc1OC. The first-order valence-electron chi connectivity index (χ1n) is 5.19.